The molecule has 2 heteroatoms. The molecular weight excluding hydrogens is 214 g/mol. The molecule has 0 saturated heterocycles. The minimum absolute atomic E-state index is 1.08. The Morgan fingerprint density at radius 3 is 2.75 bits per heavy atom. The van der Waals surface area contributed by atoms with Gasteiger partial charge in [-0.3, -0.25) is 0 Å². The Hall–Kier alpha value is -1.41. The van der Waals surface area contributed by atoms with Gasteiger partial charge in [-0.25, -0.2) is 4.98 Å². The highest BCUT2D eigenvalue weighted by atomic mass is 32.1. The standard InChI is InChI=1S/C14H15NS/c1-2-6-13(14-10-16-11-15-14)9-12-7-4-3-5-8-12/h3-5,7-11H,2,6H2,1H3. The van der Waals surface area contributed by atoms with Crippen LogP contribution in [0.15, 0.2) is 41.2 Å². The zero-order chi connectivity index (χ0) is 11.2. The highest BCUT2D eigenvalue weighted by Crippen LogP contribution is 2.22. The van der Waals surface area contributed by atoms with Crippen LogP contribution in [-0.4, -0.2) is 4.98 Å². The molecule has 1 heterocycles. The van der Waals surface area contributed by atoms with Gasteiger partial charge in [0.2, 0.25) is 0 Å². The number of allylic oxidation sites excluding steroid dienone is 1. The summed E-state index contributed by atoms with van der Waals surface area (Å²) in [5, 5.41) is 2.12. The Morgan fingerprint density at radius 2 is 2.12 bits per heavy atom. The molecule has 16 heavy (non-hydrogen) atoms. The van der Waals surface area contributed by atoms with Crippen LogP contribution in [-0.2, 0) is 0 Å². The summed E-state index contributed by atoms with van der Waals surface area (Å²) in [7, 11) is 0. The SMILES string of the molecule is CCCC(=Cc1ccccc1)c1cscn1. The Kier molecular flexibility index (Phi) is 3.89. The molecule has 0 N–H and O–H groups in total. The number of thiazole rings is 1. The number of benzene rings is 1. The lowest BCUT2D eigenvalue weighted by Gasteiger charge is -2.02. The van der Waals surface area contributed by atoms with Crippen LogP contribution in [0.4, 0.5) is 0 Å². The second-order valence-electron chi connectivity index (χ2n) is 3.70. The maximum atomic E-state index is 4.38. The van der Waals surface area contributed by atoms with Gasteiger partial charge in [0, 0.05) is 5.38 Å². The minimum Gasteiger partial charge on any atom is -0.245 e. The first kappa shape index (κ1) is 11.1. The van der Waals surface area contributed by atoms with Crippen molar-refractivity contribution < 1.29 is 0 Å². The largest absolute Gasteiger partial charge is 0.245 e. The predicted molar refractivity (Wildman–Crippen MR) is 71.3 cm³/mol. The van der Waals surface area contributed by atoms with E-state index in [-0.39, 0.29) is 0 Å². The monoisotopic (exact) mass is 229 g/mol. The first-order valence-electron chi connectivity index (χ1n) is 5.54. The van der Waals surface area contributed by atoms with E-state index in [1.807, 2.05) is 11.6 Å². The molecule has 1 aromatic carbocycles. The summed E-state index contributed by atoms with van der Waals surface area (Å²) in [5.41, 5.74) is 5.59. The molecule has 1 nitrogen and oxygen atoms in total. The molecule has 0 amide bonds. The van der Waals surface area contributed by atoms with Gasteiger partial charge < -0.3 is 0 Å². The fourth-order valence-electron chi connectivity index (χ4n) is 1.67. The van der Waals surface area contributed by atoms with Gasteiger partial charge in [-0.05, 0) is 23.6 Å². The summed E-state index contributed by atoms with van der Waals surface area (Å²) < 4.78 is 0. The Morgan fingerprint density at radius 1 is 1.31 bits per heavy atom. The molecule has 0 fully saturated rings. The van der Waals surface area contributed by atoms with Gasteiger partial charge in [-0.1, -0.05) is 43.7 Å². The molecule has 2 rings (SSSR count). The van der Waals surface area contributed by atoms with Crippen LogP contribution in [0.3, 0.4) is 0 Å². The first-order chi connectivity index (χ1) is 7.90. The van der Waals surface area contributed by atoms with Crippen LogP contribution in [0.25, 0.3) is 11.6 Å². The third-order valence-electron chi connectivity index (χ3n) is 2.42. The molecule has 0 aliphatic heterocycles. The number of aromatic nitrogens is 1. The maximum absolute atomic E-state index is 4.38. The van der Waals surface area contributed by atoms with Crippen molar-refractivity contribution in [3.05, 3.63) is 52.5 Å². The van der Waals surface area contributed by atoms with E-state index in [4.69, 9.17) is 0 Å². The third-order valence-corrected chi connectivity index (χ3v) is 3.01. The zero-order valence-corrected chi connectivity index (χ0v) is 10.2. The van der Waals surface area contributed by atoms with Crippen molar-refractivity contribution in [1.29, 1.82) is 0 Å². The molecule has 0 unspecified atom stereocenters. The highest BCUT2D eigenvalue weighted by molar-refractivity contribution is 7.07. The van der Waals surface area contributed by atoms with Gasteiger partial charge in [-0.15, -0.1) is 11.3 Å². The van der Waals surface area contributed by atoms with E-state index in [1.165, 1.54) is 11.1 Å². The van der Waals surface area contributed by atoms with Crippen LogP contribution in [0.2, 0.25) is 0 Å². The lowest BCUT2D eigenvalue weighted by molar-refractivity contribution is 0.971. The number of hydrogen-bond donors (Lipinski definition) is 0. The van der Waals surface area contributed by atoms with Crippen LogP contribution < -0.4 is 0 Å². The van der Waals surface area contributed by atoms with Gasteiger partial charge in [0.15, 0.2) is 0 Å². The third kappa shape index (κ3) is 2.80. The summed E-state index contributed by atoms with van der Waals surface area (Å²) in [6.45, 7) is 2.20. The number of hydrogen-bond acceptors (Lipinski definition) is 2. The first-order valence-corrected chi connectivity index (χ1v) is 6.48. The van der Waals surface area contributed by atoms with Gasteiger partial charge in [0.25, 0.3) is 0 Å². The fraction of sp³-hybridized carbons (Fsp3) is 0.214. The van der Waals surface area contributed by atoms with E-state index in [9.17, 15) is 0 Å². The number of rotatable bonds is 4. The second kappa shape index (κ2) is 5.61. The topological polar surface area (TPSA) is 12.9 Å². The molecule has 2 aromatic rings. The van der Waals surface area contributed by atoms with Crippen molar-refractivity contribution >= 4 is 23.0 Å². The summed E-state index contributed by atoms with van der Waals surface area (Å²) >= 11 is 1.65. The van der Waals surface area contributed by atoms with Crippen molar-refractivity contribution in [3.63, 3.8) is 0 Å². The minimum atomic E-state index is 1.08. The Labute approximate surface area is 100 Å². The smallest absolute Gasteiger partial charge is 0.0798 e. The Balaban J connectivity index is 2.30. The van der Waals surface area contributed by atoms with Gasteiger partial charge in [0.1, 0.15) is 0 Å². The summed E-state index contributed by atoms with van der Waals surface area (Å²) in [6, 6.07) is 10.4. The molecule has 82 valence electrons. The van der Waals surface area contributed by atoms with Gasteiger partial charge in [-0.2, -0.15) is 0 Å². The molecule has 0 aliphatic rings. The molecule has 0 bridgehead atoms. The lowest BCUT2D eigenvalue weighted by Crippen LogP contribution is -1.84. The molecule has 0 spiro atoms. The fourth-order valence-corrected chi connectivity index (χ4v) is 2.24. The average Bonchev–Trinajstić information content (AvgIpc) is 2.83. The quantitative estimate of drug-likeness (QED) is 0.753. The van der Waals surface area contributed by atoms with E-state index < -0.39 is 0 Å². The zero-order valence-electron chi connectivity index (χ0n) is 9.39. The van der Waals surface area contributed by atoms with Crippen molar-refractivity contribution in [1.82, 2.24) is 4.98 Å². The van der Waals surface area contributed by atoms with Crippen molar-refractivity contribution in [3.8, 4) is 0 Å². The van der Waals surface area contributed by atoms with Crippen LogP contribution in [0.5, 0.6) is 0 Å². The van der Waals surface area contributed by atoms with Crippen LogP contribution >= 0.6 is 11.3 Å². The molecule has 0 atom stereocenters. The second-order valence-corrected chi connectivity index (χ2v) is 4.42. The highest BCUT2D eigenvalue weighted by Gasteiger charge is 2.02. The van der Waals surface area contributed by atoms with E-state index in [2.05, 4.69) is 47.6 Å². The summed E-state index contributed by atoms with van der Waals surface area (Å²) in [6.07, 6.45) is 4.47. The van der Waals surface area contributed by atoms with E-state index in [0.717, 1.165) is 18.5 Å². The molecular formula is C14H15NS. The van der Waals surface area contributed by atoms with Crippen LogP contribution in [0.1, 0.15) is 31.0 Å². The number of nitrogens with zero attached hydrogens (tertiary/aromatic N) is 1. The summed E-state index contributed by atoms with van der Waals surface area (Å²) in [5.74, 6) is 0. The molecule has 1 aromatic heterocycles. The average molecular weight is 229 g/mol. The van der Waals surface area contributed by atoms with Crippen molar-refractivity contribution in [2.45, 2.75) is 19.8 Å². The molecule has 0 aliphatic carbocycles. The maximum Gasteiger partial charge on any atom is 0.0798 e. The van der Waals surface area contributed by atoms with E-state index in [1.54, 1.807) is 11.3 Å². The lowest BCUT2D eigenvalue weighted by atomic mass is 10.0. The van der Waals surface area contributed by atoms with E-state index >= 15 is 0 Å². The molecule has 0 radical (unpaired) electrons. The van der Waals surface area contributed by atoms with Gasteiger partial charge >= 0.3 is 0 Å². The van der Waals surface area contributed by atoms with Gasteiger partial charge in [0.05, 0.1) is 11.2 Å². The summed E-state index contributed by atoms with van der Waals surface area (Å²) in [4.78, 5) is 4.38. The van der Waals surface area contributed by atoms with Crippen LogP contribution in [0, 0.1) is 0 Å². The molecule has 0 saturated carbocycles. The van der Waals surface area contributed by atoms with E-state index in [0.29, 0.717) is 0 Å². The van der Waals surface area contributed by atoms with Crippen molar-refractivity contribution in [2.24, 2.45) is 0 Å². The normalized spacial score (nSPS) is 11.7. The van der Waals surface area contributed by atoms with Crippen molar-refractivity contribution in [2.75, 3.05) is 0 Å². The Bertz CT molecular complexity index is 443. The predicted octanol–water partition coefficient (Wildman–Crippen LogP) is 4.48.